The van der Waals surface area contributed by atoms with Gasteiger partial charge in [0.2, 0.25) is 0 Å². The van der Waals surface area contributed by atoms with Gasteiger partial charge in [-0.15, -0.1) is 0 Å². The first-order valence-corrected chi connectivity index (χ1v) is 7.88. The first-order valence-electron chi connectivity index (χ1n) is 7.50. The van der Waals surface area contributed by atoms with Gasteiger partial charge in [0.1, 0.15) is 11.6 Å². The molecule has 1 saturated heterocycles. The van der Waals surface area contributed by atoms with Crippen molar-refractivity contribution in [2.45, 2.75) is 18.9 Å². The normalized spacial score (nSPS) is 17.3. The Hall–Kier alpha value is -2.07. The first kappa shape index (κ1) is 15.8. The molecule has 3 rings (SSSR count). The van der Waals surface area contributed by atoms with E-state index in [1.165, 1.54) is 18.2 Å². The highest BCUT2D eigenvalue weighted by molar-refractivity contribution is 6.33. The molecule has 0 aliphatic carbocycles. The van der Waals surface area contributed by atoms with Crippen LogP contribution in [0.25, 0.3) is 0 Å². The number of halogens is 2. The van der Waals surface area contributed by atoms with Crippen LogP contribution in [0.2, 0.25) is 5.02 Å². The van der Waals surface area contributed by atoms with E-state index in [1.54, 1.807) is 12.0 Å². The van der Waals surface area contributed by atoms with E-state index in [-0.39, 0.29) is 17.0 Å². The highest BCUT2D eigenvalue weighted by Crippen LogP contribution is 2.34. The second-order valence-electron chi connectivity index (χ2n) is 5.55. The average Bonchev–Trinajstić information content (AvgIpc) is 3.04. The highest BCUT2D eigenvalue weighted by Gasteiger charge is 2.31. The molecule has 0 radical (unpaired) electrons. The fourth-order valence-electron chi connectivity index (χ4n) is 3.00. The van der Waals surface area contributed by atoms with Crippen molar-refractivity contribution in [2.75, 3.05) is 13.7 Å². The van der Waals surface area contributed by atoms with Crippen LogP contribution in [0.3, 0.4) is 0 Å². The minimum atomic E-state index is -0.445. The van der Waals surface area contributed by atoms with E-state index in [4.69, 9.17) is 16.3 Å². The minimum absolute atomic E-state index is 0.00882. The van der Waals surface area contributed by atoms with E-state index >= 15 is 0 Å². The van der Waals surface area contributed by atoms with Crippen LogP contribution in [-0.2, 0) is 0 Å². The Bertz CT molecular complexity index is 717. The molecule has 3 nitrogen and oxygen atoms in total. The number of hydrogen-bond acceptors (Lipinski definition) is 2. The Labute approximate surface area is 139 Å². The number of benzene rings is 2. The predicted molar refractivity (Wildman–Crippen MR) is 87.4 cm³/mol. The zero-order chi connectivity index (χ0) is 16.4. The fraction of sp³-hybridized carbons (Fsp3) is 0.278. The monoisotopic (exact) mass is 333 g/mol. The lowest BCUT2D eigenvalue weighted by Crippen LogP contribution is -2.30. The van der Waals surface area contributed by atoms with Crippen molar-refractivity contribution in [3.05, 3.63) is 64.4 Å². The fourth-order valence-corrected chi connectivity index (χ4v) is 3.25. The maximum Gasteiger partial charge on any atom is 0.255 e. The molecule has 5 heteroatoms. The molecule has 0 saturated carbocycles. The molecule has 1 heterocycles. The zero-order valence-corrected chi connectivity index (χ0v) is 13.5. The van der Waals surface area contributed by atoms with E-state index in [9.17, 15) is 9.18 Å². The Kier molecular flexibility index (Phi) is 4.53. The smallest absolute Gasteiger partial charge is 0.255 e. The summed E-state index contributed by atoms with van der Waals surface area (Å²) >= 11 is 6.03. The molecular formula is C18H17ClFNO2. The maximum atomic E-state index is 13.2. The van der Waals surface area contributed by atoms with Crippen LogP contribution in [0.5, 0.6) is 5.75 Å². The number of carbonyl (C=O) groups is 1. The van der Waals surface area contributed by atoms with E-state index in [2.05, 4.69) is 0 Å². The lowest BCUT2D eigenvalue weighted by Gasteiger charge is -2.25. The summed E-state index contributed by atoms with van der Waals surface area (Å²) in [4.78, 5) is 14.6. The zero-order valence-electron chi connectivity index (χ0n) is 12.8. The number of methoxy groups -OCH3 is 1. The lowest BCUT2D eigenvalue weighted by atomic mass is 10.0. The van der Waals surface area contributed by atoms with Gasteiger partial charge in [-0.05, 0) is 48.7 Å². The minimum Gasteiger partial charge on any atom is -0.497 e. The number of rotatable bonds is 3. The van der Waals surface area contributed by atoms with Crippen LogP contribution < -0.4 is 4.74 Å². The SMILES string of the molecule is COc1ccc([C@H]2CCCN2C(=O)c2ccc(F)cc2Cl)cc1. The summed E-state index contributed by atoms with van der Waals surface area (Å²) in [6, 6.07) is 11.6. The Balaban J connectivity index is 1.86. The Morgan fingerprint density at radius 3 is 2.65 bits per heavy atom. The van der Waals surface area contributed by atoms with E-state index in [0.717, 1.165) is 24.2 Å². The second-order valence-corrected chi connectivity index (χ2v) is 5.96. The van der Waals surface area contributed by atoms with Gasteiger partial charge in [0.25, 0.3) is 5.91 Å². The average molecular weight is 334 g/mol. The molecule has 0 unspecified atom stereocenters. The number of ether oxygens (including phenoxy) is 1. The summed E-state index contributed by atoms with van der Waals surface area (Å²) in [5, 5.41) is 0.149. The quantitative estimate of drug-likeness (QED) is 0.829. The van der Waals surface area contributed by atoms with Gasteiger partial charge in [0, 0.05) is 6.54 Å². The van der Waals surface area contributed by atoms with Crippen molar-refractivity contribution >= 4 is 17.5 Å². The van der Waals surface area contributed by atoms with Crippen molar-refractivity contribution in [2.24, 2.45) is 0 Å². The largest absolute Gasteiger partial charge is 0.497 e. The summed E-state index contributed by atoms with van der Waals surface area (Å²) in [7, 11) is 1.62. The number of nitrogens with zero attached hydrogens (tertiary/aromatic N) is 1. The molecule has 2 aromatic carbocycles. The molecule has 1 aliphatic heterocycles. The summed E-state index contributed by atoms with van der Waals surface area (Å²) in [6.45, 7) is 0.670. The van der Waals surface area contributed by atoms with Gasteiger partial charge in [0.05, 0.1) is 23.7 Å². The van der Waals surface area contributed by atoms with Crippen molar-refractivity contribution in [1.82, 2.24) is 4.90 Å². The van der Waals surface area contributed by atoms with Gasteiger partial charge < -0.3 is 9.64 Å². The predicted octanol–water partition coefficient (Wildman–Crippen LogP) is 4.47. The number of amides is 1. The molecule has 0 bridgehead atoms. The van der Waals surface area contributed by atoms with Crippen LogP contribution in [0.1, 0.15) is 34.8 Å². The standard InChI is InChI=1S/C18H17ClFNO2/c1-23-14-7-4-12(5-8-14)17-3-2-10-21(17)18(22)15-9-6-13(20)11-16(15)19/h4-9,11,17H,2-3,10H2,1H3/t17-/m1/s1. The number of likely N-dealkylation sites (tertiary alicyclic amines) is 1. The number of carbonyl (C=O) groups excluding carboxylic acids is 1. The molecule has 120 valence electrons. The van der Waals surface area contributed by atoms with Crippen LogP contribution in [-0.4, -0.2) is 24.5 Å². The third-order valence-corrected chi connectivity index (χ3v) is 4.49. The molecular weight excluding hydrogens is 317 g/mol. The molecule has 1 atom stereocenters. The van der Waals surface area contributed by atoms with Gasteiger partial charge >= 0.3 is 0 Å². The lowest BCUT2D eigenvalue weighted by molar-refractivity contribution is 0.0736. The summed E-state index contributed by atoms with van der Waals surface area (Å²) < 4.78 is 18.3. The third-order valence-electron chi connectivity index (χ3n) is 4.18. The van der Waals surface area contributed by atoms with Gasteiger partial charge in [-0.3, -0.25) is 4.79 Å². The van der Waals surface area contributed by atoms with E-state index < -0.39 is 5.82 Å². The molecule has 0 N–H and O–H groups in total. The van der Waals surface area contributed by atoms with Crippen molar-refractivity contribution in [3.8, 4) is 5.75 Å². The van der Waals surface area contributed by atoms with Gasteiger partial charge in [-0.2, -0.15) is 0 Å². The Morgan fingerprint density at radius 1 is 1.26 bits per heavy atom. The van der Waals surface area contributed by atoms with E-state index in [0.29, 0.717) is 12.1 Å². The topological polar surface area (TPSA) is 29.5 Å². The van der Waals surface area contributed by atoms with Crippen LogP contribution >= 0.6 is 11.6 Å². The van der Waals surface area contributed by atoms with Crippen LogP contribution in [0.15, 0.2) is 42.5 Å². The second kappa shape index (κ2) is 6.59. The highest BCUT2D eigenvalue weighted by atomic mass is 35.5. The summed E-state index contributed by atoms with van der Waals surface area (Å²) in [5.41, 5.74) is 1.41. The molecule has 2 aromatic rings. The van der Waals surface area contributed by atoms with Gasteiger partial charge in [-0.25, -0.2) is 4.39 Å². The Morgan fingerprint density at radius 2 is 2.00 bits per heavy atom. The maximum absolute atomic E-state index is 13.2. The van der Waals surface area contributed by atoms with Crippen molar-refractivity contribution in [3.63, 3.8) is 0 Å². The number of hydrogen-bond donors (Lipinski definition) is 0. The molecule has 0 aromatic heterocycles. The van der Waals surface area contributed by atoms with Crippen LogP contribution in [0.4, 0.5) is 4.39 Å². The van der Waals surface area contributed by atoms with Crippen molar-refractivity contribution < 1.29 is 13.9 Å². The van der Waals surface area contributed by atoms with Crippen LogP contribution in [0, 0.1) is 5.82 Å². The summed E-state index contributed by atoms with van der Waals surface area (Å²) in [6.07, 6.45) is 1.83. The molecule has 1 aliphatic rings. The summed E-state index contributed by atoms with van der Waals surface area (Å²) in [5.74, 6) is 0.180. The molecule has 0 spiro atoms. The van der Waals surface area contributed by atoms with E-state index in [1.807, 2.05) is 24.3 Å². The molecule has 23 heavy (non-hydrogen) atoms. The molecule has 1 amide bonds. The van der Waals surface area contributed by atoms with Crippen molar-refractivity contribution in [1.29, 1.82) is 0 Å². The van der Waals surface area contributed by atoms with Gasteiger partial charge in [-0.1, -0.05) is 23.7 Å². The third kappa shape index (κ3) is 3.17. The molecule has 1 fully saturated rings. The van der Waals surface area contributed by atoms with Gasteiger partial charge in [0.15, 0.2) is 0 Å². The first-order chi connectivity index (χ1) is 11.1.